The SMILES string of the molecule is CCCc1c(N)noc1-c1scc(C)c1Cl. The molecule has 2 rings (SSSR count). The van der Waals surface area contributed by atoms with Crippen molar-refractivity contribution < 1.29 is 4.52 Å². The molecule has 0 saturated heterocycles. The van der Waals surface area contributed by atoms with Crippen LogP contribution in [-0.2, 0) is 6.42 Å². The first kappa shape index (κ1) is 11.5. The van der Waals surface area contributed by atoms with Crippen LogP contribution in [0.25, 0.3) is 10.6 Å². The molecule has 0 radical (unpaired) electrons. The summed E-state index contributed by atoms with van der Waals surface area (Å²) in [5.74, 6) is 1.20. The van der Waals surface area contributed by atoms with Crippen molar-refractivity contribution >= 4 is 28.8 Å². The molecule has 2 aromatic heterocycles. The maximum absolute atomic E-state index is 6.21. The lowest BCUT2D eigenvalue weighted by atomic mass is 10.1. The minimum atomic E-state index is 0.471. The Morgan fingerprint density at radius 3 is 2.88 bits per heavy atom. The van der Waals surface area contributed by atoms with Crippen molar-refractivity contribution in [3.8, 4) is 10.6 Å². The molecule has 0 aliphatic carbocycles. The van der Waals surface area contributed by atoms with Gasteiger partial charge in [-0.25, -0.2) is 0 Å². The molecule has 3 nitrogen and oxygen atoms in total. The van der Waals surface area contributed by atoms with Crippen LogP contribution >= 0.6 is 22.9 Å². The number of hydrogen-bond acceptors (Lipinski definition) is 4. The molecule has 0 aliphatic rings. The Kier molecular flexibility index (Phi) is 3.21. The van der Waals surface area contributed by atoms with E-state index in [1.54, 1.807) is 11.3 Å². The third-order valence-corrected chi connectivity index (χ3v) is 4.12. The van der Waals surface area contributed by atoms with Crippen LogP contribution in [0.2, 0.25) is 5.02 Å². The van der Waals surface area contributed by atoms with Gasteiger partial charge in [-0.3, -0.25) is 0 Å². The number of nitrogens with two attached hydrogens (primary N) is 1. The number of halogens is 1. The van der Waals surface area contributed by atoms with Crippen molar-refractivity contribution in [3.05, 3.63) is 21.5 Å². The molecule has 0 amide bonds. The number of thiophene rings is 1. The summed E-state index contributed by atoms with van der Waals surface area (Å²) in [4.78, 5) is 0.923. The van der Waals surface area contributed by atoms with Crippen molar-refractivity contribution in [2.75, 3.05) is 5.73 Å². The molecule has 0 spiro atoms. The molecule has 5 heteroatoms. The molecule has 86 valence electrons. The molecule has 0 bridgehead atoms. The first-order valence-electron chi connectivity index (χ1n) is 5.13. The number of anilines is 1. The predicted octanol–water partition coefficient (Wildman–Crippen LogP) is 3.90. The van der Waals surface area contributed by atoms with E-state index in [0.717, 1.165) is 39.6 Å². The fourth-order valence-electron chi connectivity index (χ4n) is 1.57. The Morgan fingerprint density at radius 1 is 1.56 bits per heavy atom. The maximum Gasteiger partial charge on any atom is 0.183 e. The van der Waals surface area contributed by atoms with Crippen LogP contribution in [0.3, 0.4) is 0 Å². The van der Waals surface area contributed by atoms with Gasteiger partial charge in [0.25, 0.3) is 0 Å². The number of nitrogens with zero attached hydrogens (tertiary/aromatic N) is 1. The normalized spacial score (nSPS) is 10.9. The quantitative estimate of drug-likeness (QED) is 0.906. The molecular weight excluding hydrogens is 244 g/mol. The van der Waals surface area contributed by atoms with Gasteiger partial charge in [0.05, 0.1) is 9.90 Å². The fourth-order valence-corrected chi connectivity index (χ4v) is 2.86. The molecule has 16 heavy (non-hydrogen) atoms. The van der Waals surface area contributed by atoms with Crippen LogP contribution in [0.15, 0.2) is 9.90 Å². The lowest BCUT2D eigenvalue weighted by Gasteiger charge is -1.98. The van der Waals surface area contributed by atoms with Gasteiger partial charge < -0.3 is 10.3 Å². The maximum atomic E-state index is 6.21. The smallest absolute Gasteiger partial charge is 0.183 e. The average molecular weight is 257 g/mol. The fraction of sp³-hybridized carbons (Fsp3) is 0.364. The molecule has 0 atom stereocenters. The Morgan fingerprint density at radius 2 is 2.31 bits per heavy atom. The van der Waals surface area contributed by atoms with E-state index < -0.39 is 0 Å². The summed E-state index contributed by atoms with van der Waals surface area (Å²) in [6.45, 7) is 4.07. The second-order valence-corrected chi connectivity index (χ2v) is 4.94. The van der Waals surface area contributed by atoms with Crippen LogP contribution < -0.4 is 5.73 Å². The lowest BCUT2D eigenvalue weighted by molar-refractivity contribution is 0.436. The van der Waals surface area contributed by atoms with Crippen molar-refractivity contribution in [3.63, 3.8) is 0 Å². The summed E-state index contributed by atoms with van der Waals surface area (Å²) in [5, 5.41) is 6.55. The minimum absolute atomic E-state index is 0.471. The molecule has 0 fully saturated rings. The zero-order valence-corrected chi connectivity index (χ0v) is 10.8. The third-order valence-electron chi connectivity index (χ3n) is 2.42. The molecule has 0 aliphatic heterocycles. The van der Waals surface area contributed by atoms with Crippen molar-refractivity contribution in [1.82, 2.24) is 5.16 Å². The molecule has 2 aromatic rings. The van der Waals surface area contributed by atoms with Gasteiger partial charge in [0.15, 0.2) is 11.6 Å². The van der Waals surface area contributed by atoms with E-state index in [1.165, 1.54) is 0 Å². The monoisotopic (exact) mass is 256 g/mol. The number of rotatable bonds is 3. The lowest BCUT2D eigenvalue weighted by Crippen LogP contribution is -1.92. The van der Waals surface area contributed by atoms with Crippen LogP contribution in [0, 0.1) is 6.92 Å². The summed E-state index contributed by atoms with van der Waals surface area (Å²) in [5.41, 5.74) is 7.80. The zero-order valence-electron chi connectivity index (χ0n) is 9.21. The largest absolute Gasteiger partial charge is 0.381 e. The van der Waals surface area contributed by atoms with Gasteiger partial charge >= 0.3 is 0 Å². The van der Waals surface area contributed by atoms with E-state index in [9.17, 15) is 0 Å². The summed E-state index contributed by atoms with van der Waals surface area (Å²) in [7, 11) is 0. The molecule has 0 unspecified atom stereocenters. The van der Waals surface area contributed by atoms with Gasteiger partial charge in [-0.15, -0.1) is 11.3 Å². The number of aromatic nitrogens is 1. The topological polar surface area (TPSA) is 52.0 Å². The van der Waals surface area contributed by atoms with Crippen molar-refractivity contribution in [2.45, 2.75) is 26.7 Å². The standard InChI is InChI=1S/C11H13ClN2OS/c1-3-4-7-9(15-14-11(7)13)10-8(12)6(2)5-16-10/h5H,3-4H2,1-2H3,(H2,13,14). The minimum Gasteiger partial charge on any atom is -0.381 e. The van der Waals surface area contributed by atoms with E-state index in [4.69, 9.17) is 21.9 Å². The predicted molar refractivity (Wildman–Crippen MR) is 68.0 cm³/mol. The zero-order chi connectivity index (χ0) is 11.7. The van der Waals surface area contributed by atoms with E-state index >= 15 is 0 Å². The van der Waals surface area contributed by atoms with Crippen molar-refractivity contribution in [1.29, 1.82) is 0 Å². The summed E-state index contributed by atoms with van der Waals surface area (Å²) in [6, 6.07) is 0. The second-order valence-electron chi connectivity index (χ2n) is 3.69. The van der Waals surface area contributed by atoms with Gasteiger partial charge in [-0.1, -0.05) is 30.1 Å². The van der Waals surface area contributed by atoms with Gasteiger partial charge in [-0.2, -0.15) is 0 Å². The van der Waals surface area contributed by atoms with Crippen LogP contribution in [0.1, 0.15) is 24.5 Å². The first-order valence-corrected chi connectivity index (χ1v) is 6.38. The van der Waals surface area contributed by atoms with Gasteiger partial charge in [0.1, 0.15) is 0 Å². The summed E-state index contributed by atoms with van der Waals surface area (Å²) >= 11 is 7.77. The van der Waals surface area contributed by atoms with E-state index in [2.05, 4.69) is 12.1 Å². The number of nitrogen functional groups attached to an aromatic ring is 1. The summed E-state index contributed by atoms with van der Waals surface area (Å²) in [6.07, 6.45) is 1.86. The Hall–Kier alpha value is -1.00. The van der Waals surface area contributed by atoms with E-state index in [0.29, 0.717) is 5.82 Å². The van der Waals surface area contributed by atoms with Gasteiger partial charge in [0, 0.05) is 5.56 Å². The highest BCUT2D eigenvalue weighted by Gasteiger charge is 2.19. The Bertz CT molecular complexity index is 504. The second kappa shape index (κ2) is 4.47. The third kappa shape index (κ3) is 1.83. The highest BCUT2D eigenvalue weighted by Crippen LogP contribution is 2.39. The van der Waals surface area contributed by atoms with Gasteiger partial charge in [-0.05, 0) is 24.3 Å². The first-order chi connectivity index (χ1) is 7.65. The highest BCUT2D eigenvalue weighted by atomic mass is 35.5. The van der Waals surface area contributed by atoms with E-state index in [-0.39, 0.29) is 0 Å². The van der Waals surface area contributed by atoms with E-state index in [1.807, 2.05) is 12.3 Å². The number of hydrogen-bond donors (Lipinski definition) is 1. The molecule has 0 aromatic carbocycles. The molecule has 0 saturated carbocycles. The molecular formula is C11H13ClN2OS. The van der Waals surface area contributed by atoms with Crippen LogP contribution in [0.5, 0.6) is 0 Å². The van der Waals surface area contributed by atoms with Crippen molar-refractivity contribution in [2.24, 2.45) is 0 Å². The number of aryl methyl sites for hydroxylation is 1. The van der Waals surface area contributed by atoms with Gasteiger partial charge in [0.2, 0.25) is 0 Å². The van der Waals surface area contributed by atoms with Crippen LogP contribution in [-0.4, -0.2) is 5.16 Å². The van der Waals surface area contributed by atoms with Crippen LogP contribution in [0.4, 0.5) is 5.82 Å². The Labute approximate surface area is 103 Å². The highest BCUT2D eigenvalue weighted by molar-refractivity contribution is 7.14. The molecule has 2 N–H and O–H groups in total. The summed E-state index contributed by atoms with van der Waals surface area (Å²) < 4.78 is 5.28. The average Bonchev–Trinajstić information content (AvgIpc) is 2.76. The molecule has 2 heterocycles. The Balaban J connectivity index is 2.51.